The fourth-order valence-electron chi connectivity index (χ4n) is 3.82. The van der Waals surface area contributed by atoms with Crippen LogP contribution in [0, 0.1) is 5.92 Å². The van der Waals surface area contributed by atoms with Crippen molar-refractivity contribution in [3.8, 4) is 11.4 Å². The molecule has 2 aliphatic rings. The predicted octanol–water partition coefficient (Wildman–Crippen LogP) is 3.13. The molecule has 5 rings (SSSR count). The first-order chi connectivity index (χ1) is 13.6. The van der Waals surface area contributed by atoms with Gasteiger partial charge in [-0.05, 0) is 18.2 Å². The molecule has 0 unspecified atom stereocenters. The molecule has 0 aliphatic carbocycles. The van der Waals surface area contributed by atoms with Gasteiger partial charge in [-0.3, -0.25) is 19.0 Å². The molecule has 1 aromatic heterocycles. The Morgan fingerprint density at radius 3 is 2.50 bits per heavy atom. The highest BCUT2D eigenvalue weighted by Gasteiger charge is 2.52. The number of carbonyl (C=O) groups excluding carboxylic acids is 1. The van der Waals surface area contributed by atoms with Crippen LogP contribution in [-0.2, 0) is 9.59 Å². The molecule has 0 saturated heterocycles. The largest absolute Gasteiger partial charge is 0.480 e. The fraction of sp³-hybridized carbons (Fsp3) is 0.150. The Kier molecular flexibility index (Phi) is 3.92. The first-order valence-corrected chi connectivity index (χ1v) is 10.3. The summed E-state index contributed by atoms with van der Waals surface area (Å²) in [6.45, 7) is 0. The number of esters is 1. The van der Waals surface area contributed by atoms with Crippen molar-refractivity contribution in [2.75, 3.05) is 0 Å². The number of benzene rings is 2. The molecule has 3 aromatic rings. The molecular formula is C20H13NO5S2. The summed E-state index contributed by atoms with van der Waals surface area (Å²) in [5.74, 6) is -2.64. The average Bonchev–Trinajstić information content (AvgIpc) is 3.03. The molecule has 3 heterocycles. The quantitative estimate of drug-likeness (QED) is 0.515. The summed E-state index contributed by atoms with van der Waals surface area (Å²) in [5.41, 5.74) is 1.41. The number of thioether (sulfide) groups is 1. The van der Waals surface area contributed by atoms with E-state index < -0.39 is 29.0 Å². The number of para-hydroxylation sites is 2. The van der Waals surface area contributed by atoms with Crippen LogP contribution in [0.1, 0.15) is 16.4 Å². The number of carbonyl (C=O) groups is 2. The number of fused-ring (bicyclic) bond motifs is 5. The minimum Gasteiger partial charge on any atom is -0.480 e. The van der Waals surface area contributed by atoms with E-state index in [2.05, 4.69) is 0 Å². The van der Waals surface area contributed by atoms with E-state index in [0.717, 1.165) is 28.7 Å². The number of carboxylic acids is 1. The zero-order chi connectivity index (χ0) is 19.4. The van der Waals surface area contributed by atoms with Gasteiger partial charge in [0.2, 0.25) is 0 Å². The van der Waals surface area contributed by atoms with Crippen LogP contribution in [0.5, 0.6) is 5.75 Å². The minimum atomic E-state index is -1.10. The van der Waals surface area contributed by atoms with Crippen molar-refractivity contribution in [3.63, 3.8) is 0 Å². The Bertz CT molecular complexity index is 1170. The van der Waals surface area contributed by atoms with Crippen LogP contribution < -0.4 is 9.61 Å². The maximum absolute atomic E-state index is 12.9. The second-order valence-corrected chi connectivity index (χ2v) is 8.67. The number of hydrogen-bond donors (Lipinski definition) is 1. The molecule has 3 atom stereocenters. The van der Waals surface area contributed by atoms with E-state index in [0.29, 0.717) is 21.3 Å². The Labute approximate surface area is 167 Å². The number of thiazole rings is 1. The first-order valence-electron chi connectivity index (χ1n) is 8.57. The van der Waals surface area contributed by atoms with Crippen molar-refractivity contribution in [3.05, 3.63) is 74.7 Å². The Balaban J connectivity index is 1.79. The van der Waals surface area contributed by atoms with Crippen LogP contribution in [0.4, 0.5) is 0 Å². The number of nitrogens with zero attached hydrogens (tertiary/aromatic N) is 1. The van der Waals surface area contributed by atoms with E-state index in [1.807, 2.05) is 30.3 Å². The number of rotatable bonds is 2. The van der Waals surface area contributed by atoms with Crippen molar-refractivity contribution in [2.45, 2.75) is 16.2 Å². The number of aromatic nitrogens is 1. The fourth-order valence-corrected chi connectivity index (χ4v) is 6.50. The smallest absolute Gasteiger partial charge is 0.317 e. The molecule has 2 aliphatic heterocycles. The first kappa shape index (κ1) is 17.3. The third kappa shape index (κ3) is 2.45. The highest BCUT2D eigenvalue weighted by molar-refractivity contribution is 8.00. The van der Waals surface area contributed by atoms with Crippen LogP contribution in [0.2, 0.25) is 0 Å². The standard InChI is InChI=1S/C20H13NO5S2/c22-18(23)16-14-13(11-8-4-5-9-12(11)26-19(14)24)15-17(27-16)21(20(25)28-15)10-6-2-1-3-7-10/h1-9,13-14,16H,(H,22,23)/t13-,14+,16+/m1/s1. The number of hydrogen-bond acceptors (Lipinski definition) is 6. The van der Waals surface area contributed by atoms with Gasteiger partial charge in [0.25, 0.3) is 0 Å². The molecule has 0 bridgehead atoms. The summed E-state index contributed by atoms with van der Waals surface area (Å²) >= 11 is 2.11. The van der Waals surface area contributed by atoms with E-state index in [4.69, 9.17) is 4.74 Å². The van der Waals surface area contributed by atoms with Gasteiger partial charge in [-0.25, -0.2) is 0 Å². The van der Waals surface area contributed by atoms with Crippen molar-refractivity contribution < 1.29 is 19.4 Å². The predicted molar refractivity (Wildman–Crippen MR) is 105 cm³/mol. The SMILES string of the molecule is O=C1Oc2ccccc2[C@H]2c3sc(=O)n(-c4ccccc4)c3S[C@H](C(=O)O)[C@@H]12. The lowest BCUT2D eigenvalue weighted by molar-refractivity contribution is -0.147. The van der Waals surface area contributed by atoms with Gasteiger partial charge in [0.1, 0.15) is 11.0 Å². The van der Waals surface area contributed by atoms with E-state index in [1.54, 1.807) is 28.8 Å². The summed E-state index contributed by atoms with van der Waals surface area (Å²) in [6.07, 6.45) is 0. The summed E-state index contributed by atoms with van der Waals surface area (Å²) in [7, 11) is 0. The molecule has 8 heteroatoms. The van der Waals surface area contributed by atoms with Gasteiger partial charge in [-0.2, -0.15) is 0 Å². The molecule has 140 valence electrons. The Morgan fingerprint density at radius 1 is 1.04 bits per heavy atom. The van der Waals surface area contributed by atoms with Crippen LogP contribution in [0.25, 0.3) is 5.69 Å². The van der Waals surface area contributed by atoms with Crippen molar-refractivity contribution >= 4 is 35.0 Å². The summed E-state index contributed by atoms with van der Waals surface area (Å²) < 4.78 is 6.96. The Morgan fingerprint density at radius 2 is 1.75 bits per heavy atom. The van der Waals surface area contributed by atoms with E-state index in [1.165, 1.54) is 0 Å². The van der Waals surface area contributed by atoms with Gasteiger partial charge in [0.15, 0.2) is 0 Å². The van der Waals surface area contributed by atoms with Crippen LogP contribution in [0.15, 0.2) is 64.4 Å². The zero-order valence-corrected chi connectivity index (χ0v) is 15.9. The molecule has 0 fully saturated rings. The molecular weight excluding hydrogens is 398 g/mol. The van der Waals surface area contributed by atoms with Gasteiger partial charge in [-0.1, -0.05) is 59.5 Å². The topological polar surface area (TPSA) is 85.6 Å². The van der Waals surface area contributed by atoms with E-state index >= 15 is 0 Å². The molecule has 28 heavy (non-hydrogen) atoms. The Hall–Kier alpha value is -2.84. The van der Waals surface area contributed by atoms with Crippen molar-refractivity contribution in [2.24, 2.45) is 5.92 Å². The average molecular weight is 411 g/mol. The monoisotopic (exact) mass is 411 g/mol. The molecule has 0 radical (unpaired) electrons. The number of carboxylic acid groups (broad SMARTS) is 1. The molecule has 1 N–H and O–H groups in total. The number of ether oxygens (including phenoxy) is 1. The molecule has 0 spiro atoms. The van der Waals surface area contributed by atoms with Crippen LogP contribution >= 0.6 is 23.1 Å². The maximum Gasteiger partial charge on any atom is 0.317 e. The van der Waals surface area contributed by atoms with Gasteiger partial charge in [0, 0.05) is 16.4 Å². The van der Waals surface area contributed by atoms with Crippen LogP contribution in [0.3, 0.4) is 0 Å². The summed E-state index contributed by atoms with van der Waals surface area (Å²) in [6, 6.07) is 16.2. The minimum absolute atomic E-state index is 0.204. The van der Waals surface area contributed by atoms with E-state index in [-0.39, 0.29) is 4.87 Å². The molecule has 6 nitrogen and oxygen atoms in total. The molecule has 2 aromatic carbocycles. The second kappa shape index (κ2) is 6.35. The lowest BCUT2D eigenvalue weighted by Crippen LogP contribution is -2.44. The highest BCUT2D eigenvalue weighted by Crippen LogP contribution is 2.54. The summed E-state index contributed by atoms with van der Waals surface area (Å²) in [4.78, 5) is 38.1. The summed E-state index contributed by atoms with van der Waals surface area (Å²) in [5, 5.41) is 9.37. The van der Waals surface area contributed by atoms with Crippen molar-refractivity contribution in [1.29, 1.82) is 0 Å². The third-order valence-corrected chi connectivity index (χ3v) is 7.52. The zero-order valence-electron chi connectivity index (χ0n) is 14.3. The van der Waals surface area contributed by atoms with E-state index in [9.17, 15) is 19.5 Å². The van der Waals surface area contributed by atoms with Crippen LogP contribution in [-0.4, -0.2) is 26.9 Å². The highest BCUT2D eigenvalue weighted by atomic mass is 32.2. The lowest BCUT2D eigenvalue weighted by Gasteiger charge is -2.37. The maximum atomic E-state index is 12.9. The van der Waals surface area contributed by atoms with Gasteiger partial charge in [-0.15, -0.1) is 0 Å². The molecule has 0 amide bonds. The third-order valence-electron chi connectivity index (χ3n) is 4.99. The second-order valence-electron chi connectivity index (χ2n) is 6.55. The number of aliphatic carboxylic acids is 1. The van der Waals surface area contributed by atoms with Gasteiger partial charge in [0.05, 0.1) is 16.6 Å². The van der Waals surface area contributed by atoms with Gasteiger partial charge < -0.3 is 9.84 Å². The van der Waals surface area contributed by atoms with Gasteiger partial charge >= 0.3 is 16.8 Å². The molecule has 0 saturated carbocycles. The normalized spacial score (nSPS) is 22.6. The lowest BCUT2D eigenvalue weighted by atomic mass is 9.80. The van der Waals surface area contributed by atoms with Crippen molar-refractivity contribution in [1.82, 2.24) is 4.57 Å².